The average molecular weight is 395 g/mol. The van der Waals surface area contributed by atoms with E-state index in [0.29, 0.717) is 6.42 Å². The topological polar surface area (TPSA) is 103 Å². The molecule has 2 aliphatic rings. The fourth-order valence-electron chi connectivity index (χ4n) is 3.84. The Hall–Kier alpha value is -1.83. The molecule has 0 aromatic carbocycles. The van der Waals surface area contributed by atoms with E-state index in [9.17, 15) is 9.59 Å². The van der Waals surface area contributed by atoms with E-state index in [0.717, 1.165) is 96.8 Å². The van der Waals surface area contributed by atoms with E-state index >= 15 is 0 Å². The lowest BCUT2D eigenvalue weighted by Gasteiger charge is -2.30. The van der Waals surface area contributed by atoms with Gasteiger partial charge >= 0.3 is 0 Å². The molecule has 0 spiro atoms. The molecule has 0 bridgehead atoms. The molecule has 0 atom stereocenters. The zero-order chi connectivity index (χ0) is 20.2. The Labute approximate surface area is 169 Å². The molecule has 2 fully saturated rings. The SMILES string of the molecule is CCNC(=NCCCN1CCCC1=O)NCCCCN1CCC(C(N)=O)CC1. The van der Waals surface area contributed by atoms with Gasteiger partial charge in [0.05, 0.1) is 0 Å². The zero-order valence-electron chi connectivity index (χ0n) is 17.4. The normalized spacial score (nSPS) is 19.2. The van der Waals surface area contributed by atoms with Gasteiger partial charge in [0.15, 0.2) is 5.96 Å². The maximum absolute atomic E-state index is 11.6. The molecule has 28 heavy (non-hydrogen) atoms. The highest BCUT2D eigenvalue weighted by Gasteiger charge is 2.22. The van der Waals surface area contributed by atoms with Crippen molar-refractivity contribution in [2.75, 3.05) is 52.4 Å². The van der Waals surface area contributed by atoms with E-state index in [2.05, 4.69) is 27.4 Å². The molecule has 0 aliphatic carbocycles. The first-order chi connectivity index (χ1) is 13.6. The Morgan fingerprint density at radius 2 is 1.93 bits per heavy atom. The quantitative estimate of drug-likeness (QED) is 0.269. The summed E-state index contributed by atoms with van der Waals surface area (Å²) >= 11 is 0. The number of nitrogens with two attached hydrogens (primary N) is 1. The first kappa shape index (κ1) is 22.5. The largest absolute Gasteiger partial charge is 0.369 e. The van der Waals surface area contributed by atoms with Crippen molar-refractivity contribution in [2.24, 2.45) is 16.6 Å². The van der Waals surface area contributed by atoms with Crippen LogP contribution < -0.4 is 16.4 Å². The summed E-state index contributed by atoms with van der Waals surface area (Å²) in [6, 6.07) is 0. The average Bonchev–Trinajstić information content (AvgIpc) is 3.10. The van der Waals surface area contributed by atoms with Crippen LogP contribution in [0, 0.1) is 5.92 Å². The lowest BCUT2D eigenvalue weighted by molar-refractivity contribution is -0.127. The summed E-state index contributed by atoms with van der Waals surface area (Å²) < 4.78 is 0. The minimum atomic E-state index is -0.147. The third-order valence-corrected chi connectivity index (χ3v) is 5.56. The number of piperidine rings is 1. The monoisotopic (exact) mass is 394 g/mol. The van der Waals surface area contributed by atoms with Crippen molar-refractivity contribution < 1.29 is 9.59 Å². The molecule has 2 amide bonds. The zero-order valence-corrected chi connectivity index (χ0v) is 17.4. The molecule has 0 aromatic heterocycles. The predicted octanol–water partition coefficient (Wildman–Crippen LogP) is 0.532. The summed E-state index contributed by atoms with van der Waals surface area (Å²) in [5, 5.41) is 6.68. The fourth-order valence-corrected chi connectivity index (χ4v) is 3.84. The summed E-state index contributed by atoms with van der Waals surface area (Å²) in [6.07, 6.45) is 6.62. The highest BCUT2D eigenvalue weighted by atomic mass is 16.2. The van der Waals surface area contributed by atoms with Crippen LogP contribution in [-0.2, 0) is 9.59 Å². The molecular weight excluding hydrogens is 356 g/mol. The van der Waals surface area contributed by atoms with Gasteiger partial charge in [0.25, 0.3) is 0 Å². The second-order valence-corrected chi connectivity index (χ2v) is 7.75. The van der Waals surface area contributed by atoms with Crippen molar-refractivity contribution in [3.05, 3.63) is 0 Å². The molecule has 8 nitrogen and oxygen atoms in total. The number of nitrogens with zero attached hydrogens (tertiary/aromatic N) is 3. The van der Waals surface area contributed by atoms with E-state index in [1.807, 2.05) is 4.90 Å². The van der Waals surface area contributed by atoms with E-state index in [4.69, 9.17) is 5.73 Å². The van der Waals surface area contributed by atoms with Crippen LogP contribution in [-0.4, -0.2) is 79.9 Å². The minimum absolute atomic E-state index is 0.0698. The summed E-state index contributed by atoms with van der Waals surface area (Å²) in [6.45, 7) is 9.28. The van der Waals surface area contributed by atoms with Crippen molar-refractivity contribution in [2.45, 2.75) is 51.9 Å². The molecule has 4 N–H and O–H groups in total. The third kappa shape index (κ3) is 8.04. The lowest BCUT2D eigenvalue weighted by atomic mass is 9.96. The van der Waals surface area contributed by atoms with E-state index in [1.165, 1.54) is 0 Å². The molecule has 0 saturated carbocycles. The van der Waals surface area contributed by atoms with Gasteiger partial charge in [-0.15, -0.1) is 0 Å². The molecule has 160 valence electrons. The van der Waals surface area contributed by atoms with Gasteiger partial charge in [0.1, 0.15) is 0 Å². The highest BCUT2D eigenvalue weighted by molar-refractivity contribution is 5.79. The van der Waals surface area contributed by atoms with Gasteiger partial charge in [-0.3, -0.25) is 14.6 Å². The Bertz CT molecular complexity index is 517. The number of hydrogen-bond acceptors (Lipinski definition) is 4. The van der Waals surface area contributed by atoms with Crippen LogP contribution in [0.1, 0.15) is 51.9 Å². The van der Waals surface area contributed by atoms with Crippen LogP contribution >= 0.6 is 0 Å². The van der Waals surface area contributed by atoms with Gasteiger partial charge < -0.3 is 26.2 Å². The summed E-state index contributed by atoms with van der Waals surface area (Å²) in [5.41, 5.74) is 5.39. The first-order valence-corrected chi connectivity index (χ1v) is 10.9. The Balaban J connectivity index is 1.54. The van der Waals surface area contributed by atoms with Crippen LogP contribution in [0.4, 0.5) is 0 Å². The minimum Gasteiger partial charge on any atom is -0.369 e. The third-order valence-electron chi connectivity index (χ3n) is 5.56. The van der Waals surface area contributed by atoms with Crippen molar-refractivity contribution in [1.82, 2.24) is 20.4 Å². The molecule has 2 aliphatic heterocycles. The second kappa shape index (κ2) is 12.6. The molecule has 0 radical (unpaired) electrons. The number of carbonyl (C=O) groups is 2. The van der Waals surface area contributed by atoms with Crippen molar-refractivity contribution in [1.29, 1.82) is 0 Å². The van der Waals surface area contributed by atoms with Crippen molar-refractivity contribution in [3.63, 3.8) is 0 Å². The van der Waals surface area contributed by atoms with Gasteiger partial charge in [-0.2, -0.15) is 0 Å². The lowest BCUT2D eigenvalue weighted by Crippen LogP contribution is -2.39. The highest BCUT2D eigenvalue weighted by Crippen LogP contribution is 2.16. The van der Waals surface area contributed by atoms with Gasteiger partial charge in [-0.05, 0) is 65.1 Å². The summed E-state index contributed by atoms with van der Waals surface area (Å²) in [7, 11) is 0. The predicted molar refractivity (Wildman–Crippen MR) is 112 cm³/mol. The van der Waals surface area contributed by atoms with Crippen LogP contribution in [0.15, 0.2) is 4.99 Å². The van der Waals surface area contributed by atoms with Crippen LogP contribution in [0.2, 0.25) is 0 Å². The molecule has 8 heteroatoms. The molecule has 0 unspecified atom stereocenters. The van der Waals surface area contributed by atoms with Gasteiger partial charge in [-0.25, -0.2) is 0 Å². The van der Waals surface area contributed by atoms with E-state index in [1.54, 1.807) is 0 Å². The number of rotatable bonds is 11. The van der Waals surface area contributed by atoms with Crippen LogP contribution in [0.25, 0.3) is 0 Å². The summed E-state index contributed by atoms with van der Waals surface area (Å²) in [5.74, 6) is 1.07. The van der Waals surface area contributed by atoms with Gasteiger partial charge in [0, 0.05) is 45.1 Å². The standard InChI is InChI=1S/C20H38N6O2/c1-2-22-20(24-11-6-14-26-13-5-7-18(26)27)23-10-3-4-12-25-15-8-17(9-16-25)19(21)28/h17H,2-16H2,1H3,(H2,21,28)(H2,22,23,24). The number of amides is 2. The Kier molecular flexibility index (Phi) is 10.1. The number of aliphatic imine (C=N–C) groups is 1. The number of likely N-dealkylation sites (tertiary alicyclic amines) is 2. The number of primary amides is 1. The smallest absolute Gasteiger partial charge is 0.222 e. The van der Waals surface area contributed by atoms with Crippen LogP contribution in [0.5, 0.6) is 0 Å². The number of guanidine groups is 1. The van der Waals surface area contributed by atoms with Crippen LogP contribution in [0.3, 0.4) is 0 Å². The van der Waals surface area contributed by atoms with Crippen molar-refractivity contribution >= 4 is 17.8 Å². The molecule has 2 rings (SSSR count). The molecule has 2 heterocycles. The molecule has 0 aromatic rings. The van der Waals surface area contributed by atoms with E-state index < -0.39 is 0 Å². The Morgan fingerprint density at radius 3 is 2.57 bits per heavy atom. The second-order valence-electron chi connectivity index (χ2n) is 7.75. The molecule has 2 saturated heterocycles. The number of nitrogens with one attached hydrogen (secondary N) is 2. The van der Waals surface area contributed by atoms with Crippen molar-refractivity contribution in [3.8, 4) is 0 Å². The maximum atomic E-state index is 11.6. The Morgan fingerprint density at radius 1 is 1.14 bits per heavy atom. The fraction of sp³-hybridized carbons (Fsp3) is 0.850. The van der Waals surface area contributed by atoms with Gasteiger partial charge in [0.2, 0.25) is 11.8 Å². The van der Waals surface area contributed by atoms with Gasteiger partial charge in [-0.1, -0.05) is 0 Å². The maximum Gasteiger partial charge on any atom is 0.222 e. The summed E-state index contributed by atoms with van der Waals surface area (Å²) in [4.78, 5) is 31.8. The number of carbonyl (C=O) groups excluding carboxylic acids is 2. The number of unbranched alkanes of at least 4 members (excludes halogenated alkanes) is 1. The van der Waals surface area contributed by atoms with E-state index in [-0.39, 0.29) is 17.7 Å². The molecular formula is C20H38N6O2. The number of hydrogen-bond donors (Lipinski definition) is 3. The first-order valence-electron chi connectivity index (χ1n) is 10.9.